The minimum absolute atomic E-state index is 0.0134. The fourth-order valence-electron chi connectivity index (χ4n) is 2.25. The molecule has 1 unspecified atom stereocenters. The van der Waals surface area contributed by atoms with Crippen LogP contribution in [0.5, 0.6) is 0 Å². The molecule has 104 valence electrons. The van der Waals surface area contributed by atoms with Crippen LogP contribution in [-0.4, -0.2) is 24.4 Å². The van der Waals surface area contributed by atoms with Crippen molar-refractivity contribution in [2.24, 2.45) is 0 Å². The Kier molecular flexibility index (Phi) is 3.40. The number of amides is 2. The number of benzene rings is 1. The summed E-state index contributed by atoms with van der Waals surface area (Å²) in [6, 6.07) is 6.32. The number of carbonyl (C=O) groups is 2. The zero-order valence-corrected chi connectivity index (χ0v) is 11.4. The normalized spacial score (nSPS) is 18.9. The lowest BCUT2D eigenvalue weighted by Crippen LogP contribution is -2.47. The second kappa shape index (κ2) is 5.20. The van der Waals surface area contributed by atoms with Crippen molar-refractivity contribution >= 4 is 33.2 Å². The van der Waals surface area contributed by atoms with E-state index in [9.17, 15) is 14.0 Å². The van der Waals surface area contributed by atoms with E-state index in [1.54, 1.807) is 18.2 Å². The van der Waals surface area contributed by atoms with Crippen LogP contribution < -0.4 is 10.6 Å². The second-order valence-corrected chi connectivity index (χ2v) is 5.86. The zero-order valence-electron chi connectivity index (χ0n) is 10.6. The first-order valence-corrected chi connectivity index (χ1v) is 7.21. The molecule has 0 radical (unpaired) electrons. The molecule has 0 saturated carbocycles. The molecule has 6 heteroatoms. The molecule has 1 aromatic carbocycles. The van der Waals surface area contributed by atoms with E-state index in [-0.39, 0.29) is 23.7 Å². The summed E-state index contributed by atoms with van der Waals surface area (Å²) < 4.78 is 14.3. The van der Waals surface area contributed by atoms with Gasteiger partial charge in [-0.1, -0.05) is 6.07 Å². The van der Waals surface area contributed by atoms with Gasteiger partial charge >= 0.3 is 0 Å². The Labute approximate surface area is 119 Å². The molecule has 1 fully saturated rings. The topological polar surface area (TPSA) is 58.2 Å². The molecule has 1 aliphatic heterocycles. The molecule has 0 spiro atoms. The van der Waals surface area contributed by atoms with E-state index in [4.69, 9.17) is 0 Å². The lowest BCUT2D eigenvalue weighted by Gasteiger charge is -2.23. The van der Waals surface area contributed by atoms with Gasteiger partial charge in [0.25, 0.3) is 5.91 Å². The Balaban J connectivity index is 1.75. The first kappa shape index (κ1) is 13.1. The number of nitrogens with one attached hydrogen (secondary N) is 2. The van der Waals surface area contributed by atoms with E-state index >= 15 is 0 Å². The average Bonchev–Trinajstić information content (AvgIpc) is 2.87. The fourth-order valence-corrected chi connectivity index (χ4v) is 3.23. The maximum absolute atomic E-state index is 13.6. The molecule has 20 heavy (non-hydrogen) atoms. The summed E-state index contributed by atoms with van der Waals surface area (Å²) in [7, 11) is 0. The molecule has 0 bridgehead atoms. The largest absolute Gasteiger partial charge is 0.354 e. The van der Waals surface area contributed by atoms with Gasteiger partial charge in [-0.25, -0.2) is 4.39 Å². The third-order valence-electron chi connectivity index (χ3n) is 3.33. The molecule has 2 amide bonds. The molecule has 1 aromatic heterocycles. The summed E-state index contributed by atoms with van der Waals surface area (Å²) in [6.45, 7) is 0.448. The van der Waals surface area contributed by atoms with Crippen LogP contribution in [0.25, 0.3) is 10.1 Å². The van der Waals surface area contributed by atoms with Crippen LogP contribution in [0.2, 0.25) is 0 Å². The molecule has 2 N–H and O–H groups in total. The monoisotopic (exact) mass is 292 g/mol. The zero-order chi connectivity index (χ0) is 14.1. The van der Waals surface area contributed by atoms with Crippen LogP contribution in [-0.2, 0) is 4.79 Å². The highest BCUT2D eigenvalue weighted by atomic mass is 32.1. The van der Waals surface area contributed by atoms with Gasteiger partial charge < -0.3 is 10.6 Å². The van der Waals surface area contributed by atoms with Crippen LogP contribution in [0.15, 0.2) is 24.3 Å². The predicted molar refractivity (Wildman–Crippen MR) is 75.3 cm³/mol. The van der Waals surface area contributed by atoms with Crippen molar-refractivity contribution in [2.75, 3.05) is 6.54 Å². The van der Waals surface area contributed by atoms with Crippen LogP contribution in [0.3, 0.4) is 0 Å². The number of carbonyl (C=O) groups excluding carboxylic acids is 2. The first-order valence-electron chi connectivity index (χ1n) is 6.39. The minimum atomic E-state index is -0.317. The Morgan fingerprint density at radius 3 is 3.00 bits per heavy atom. The van der Waals surface area contributed by atoms with Crippen LogP contribution in [0, 0.1) is 5.82 Å². The Morgan fingerprint density at radius 1 is 1.45 bits per heavy atom. The van der Waals surface area contributed by atoms with E-state index in [2.05, 4.69) is 10.6 Å². The number of fused-ring (bicyclic) bond motifs is 1. The first-order chi connectivity index (χ1) is 9.63. The summed E-state index contributed by atoms with van der Waals surface area (Å²) in [5.74, 6) is -0.520. The van der Waals surface area contributed by atoms with Crippen LogP contribution in [0.4, 0.5) is 4.39 Å². The lowest BCUT2D eigenvalue weighted by molar-refractivity contribution is -0.122. The number of thiophene rings is 1. The maximum Gasteiger partial charge on any atom is 0.261 e. The standard InChI is InChI=1S/C14H13FN2O2S/c15-10-2-1-3-11-9(10)6-12(20-11)14(19)17-8-4-5-13(18)16-7-8/h1-3,6,8H,4-5,7H2,(H,16,18)(H,17,19). The van der Waals surface area contributed by atoms with Crippen molar-refractivity contribution in [1.82, 2.24) is 10.6 Å². The quantitative estimate of drug-likeness (QED) is 0.890. The van der Waals surface area contributed by atoms with Gasteiger partial charge in [0.1, 0.15) is 5.82 Å². The molecule has 0 aliphatic carbocycles. The molecule has 1 aliphatic rings. The molecule has 2 aromatic rings. The predicted octanol–water partition coefficient (Wildman–Crippen LogP) is 2.05. The third kappa shape index (κ3) is 2.51. The Hall–Kier alpha value is -1.95. The molecule has 4 nitrogen and oxygen atoms in total. The molecular weight excluding hydrogens is 279 g/mol. The van der Waals surface area contributed by atoms with E-state index in [0.717, 1.165) is 4.70 Å². The minimum Gasteiger partial charge on any atom is -0.354 e. The second-order valence-electron chi connectivity index (χ2n) is 4.78. The number of halogens is 1. The van der Waals surface area contributed by atoms with Gasteiger partial charge in [-0.3, -0.25) is 9.59 Å². The summed E-state index contributed by atoms with van der Waals surface area (Å²) in [6.07, 6.45) is 1.06. The van der Waals surface area contributed by atoms with Gasteiger partial charge in [-0.15, -0.1) is 11.3 Å². The van der Waals surface area contributed by atoms with E-state index in [1.807, 2.05) is 0 Å². The Morgan fingerprint density at radius 2 is 2.30 bits per heavy atom. The highest BCUT2D eigenvalue weighted by molar-refractivity contribution is 7.20. The van der Waals surface area contributed by atoms with Crippen molar-refractivity contribution in [1.29, 1.82) is 0 Å². The highest BCUT2D eigenvalue weighted by Gasteiger charge is 2.21. The van der Waals surface area contributed by atoms with Crippen molar-refractivity contribution in [3.8, 4) is 0 Å². The number of piperidine rings is 1. The summed E-state index contributed by atoms with van der Waals surface area (Å²) in [5.41, 5.74) is 0. The van der Waals surface area contributed by atoms with Crippen LogP contribution in [0.1, 0.15) is 22.5 Å². The van der Waals surface area contributed by atoms with Crippen molar-refractivity contribution in [3.05, 3.63) is 35.0 Å². The van der Waals surface area contributed by atoms with Gasteiger partial charge in [0.15, 0.2) is 0 Å². The fraction of sp³-hybridized carbons (Fsp3) is 0.286. The smallest absolute Gasteiger partial charge is 0.261 e. The molecular formula is C14H13FN2O2S. The van der Waals surface area contributed by atoms with Crippen molar-refractivity contribution in [2.45, 2.75) is 18.9 Å². The van der Waals surface area contributed by atoms with Gasteiger partial charge in [0.2, 0.25) is 5.91 Å². The maximum atomic E-state index is 13.6. The van der Waals surface area contributed by atoms with Gasteiger partial charge in [-0.05, 0) is 24.6 Å². The van der Waals surface area contributed by atoms with Crippen molar-refractivity contribution in [3.63, 3.8) is 0 Å². The van der Waals surface area contributed by atoms with E-state index < -0.39 is 0 Å². The summed E-state index contributed by atoms with van der Waals surface area (Å²) in [4.78, 5) is 23.7. The van der Waals surface area contributed by atoms with Gasteiger partial charge in [0.05, 0.1) is 4.88 Å². The van der Waals surface area contributed by atoms with Crippen molar-refractivity contribution < 1.29 is 14.0 Å². The van der Waals surface area contributed by atoms with E-state index in [0.29, 0.717) is 29.6 Å². The average molecular weight is 292 g/mol. The third-order valence-corrected chi connectivity index (χ3v) is 4.43. The SMILES string of the molecule is O=C1CCC(NC(=O)c2cc3c(F)cccc3s2)CN1. The number of hydrogen-bond acceptors (Lipinski definition) is 3. The molecule has 1 atom stereocenters. The van der Waals surface area contributed by atoms with Gasteiger partial charge in [0, 0.05) is 29.1 Å². The van der Waals surface area contributed by atoms with Crippen LogP contribution >= 0.6 is 11.3 Å². The molecule has 2 heterocycles. The summed E-state index contributed by atoms with van der Waals surface area (Å²) in [5, 5.41) is 6.06. The Bertz CT molecular complexity index is 673. The molecule has 1 saturated heterocycles. The summed E-state index contributed by atoms with van der Waals surface area (Å²) >= 11 is 1.27. The van der Waals surface area contributed by atoms with Gasteiger partial charge in [-0.2, -0.15) is 0 Å². The van der Waals surface area contributed by atoms with E-state index in [1.165, 1.54) is 17.4 Å². The highest BCUT2D eigenvalue weighted by Crippen LogP contribution is 2.27. The molecule has 3 rings (SSSR count). The number of hydrogen-bond donors (Lipinski definition) is 2. The number of rotatable bonds is 2. The lowest BCUT2D eigenvalue weighted by atomic mass is 10.1.